The van der Waals surface area contributed by atoms with Crippen molar-refractivity contribution in [3.8, 4) is 0 Å². The predicted molar refractivity (Wildman–Crippen MR) is 66.3 cm³/mol. The lowest BCUT2D eigenvalue weighted by Crippen LogP contribution is -2.33. The van der Waals surface area contributed by atoms with E-state index in [1.165, 1.54) is 5.56 Å². The van der Waals surface area contributed by atoms with Crippen LogP contribution in [0, 0.1) is 0 Å². The molecule has 1 rings (SSSR count). The number of hydrogen-bond acceptors (Lipinski definition) is 3. The maximum Gasteiger partial charge on any atom is 0.251 e. The summed E-state index contributed by atoms with van der Waals surface area (Å²) < 4.78 is 0. The van der Waals surface area contributed by atoms with Crippen LogP contribution in [0.4, 0.5) is 0 Å². The first-order valence-corrected chi connectivity index (χ1v) is 5.39. The predicted octanol–water partition coefficient (Wildman–Crippen LogP) is 1.29. The molecule has 0 radical (unpaired) electrons. The minimum atomic E-state index is -0.244. The number of hydrogen-bond donors (Lipinski definition) is 3. The Hall–Kier alpha value is -2.04. The highest BCUT2D eigenvalue weighted by atomic mass is 16.4. The van der Waals surface area contributed by atoms with Gasteiger partial charge in [-0.25, -0.2) is 0 Å². The zero-order valence-electron chi connectivity index (χ0n) is 9.97. The van der Waals surface area contributed by atoms with Crippen LogP contribution in [0.25, 0.3) is 0 Å². The van der Waals surface area contributed by atoms with Crippen LogP contribution in [0.5, 0.6) is 0 Å². The highest BCUT2D eigenvalue weighted by molar-refractivity contribution is 5.96. The summed E-state index contributed by atoms with van der Waals surface area (Å²) in [6.07, 6.45) is 0. The van der Waals surface area contributed by atoms with Gasteiger partial charge in [-0.2, -0.15) is 0 Å². The summed E-state index contributed by atoms with van der Waals surface area (Å²) in [5.74, 6) is 0.160. The van der Waals surface area contributed by atoms with Crippen molar-refractivity contribution in [2.24, 2.45) is 10.9 Å². The Morgan fingerprint density at radius 1 is 1.41 bits per heavy atom. The van der Waals surface area contributed by atoms with Crippen molar-refractivity contribution in [3.05, 3.63) is 35.4 Å². The van der Waals surface area contributed by atoms with Gasteiger partial charge in [0.1, 0.15) is 0 Å². The van der Waals surface area contributed by atoms with Gasteiger partial charge in [-0.05, 0) is 23.6 Å². The molecular formula is C12H17N3O2. The van der Waals surface area contributed by atoms with Gasteiger partial charge in [0.05, 0.1) is 6.54 Å². The van der Waals surface area contributed by atoms with Gasteiger partial charge >= 0.3 is 0 Å². The lowest BCUT2D eigenvalue weighted by atomic mass is 10.0. The van der Waals surface area contributed by atoms with E-state index in [9.17, 15) is 4.79 Å². The minimum absolute atomic E-state index is 0.0290. The Kier molecular flexibility index (Phi) is 4.51. The van der Waals surface area contributed by atoms with Crippen molar-refractivity contribution in [2.75, 3.05) is 6.54 Å². The Labute approximate surface area is 100 Å². The zero-order chi connectivity index (χ0) is 12.8. The second-order valence-electron chi connectivity index (χ2n) is 4.05. The van der Waals surface area contributed by atoms with Gasteiger partial charge in [0.2, 0.25) is 0 Å². The number of amidine groups is 1. The summed E-state index contributed by atoms with van der Waals surface area (Å²) >= 11 is 0. The van der Waals surface area contributed by atoms with E-state index in [0.29, 0.717) is 11.5 Å². The number of oxime groups is 1. The van der Waals surface area contributed by atoms with Crippen molar-refractivity contribution < 1.29 is 10.0 Å². The molecule has 0 spiro atoms. The van der Waals surface area contributed by atoms with Crippen molar-refractivity contribution in [1.82, 2.24) is 5.32 Å². The monoisotopic (exact) mass is 235 g/mol. The summed E-state index contributed by atoms with van der Waals surface area (Å²) in [5.41, 5.74) is 6.98. The van der Waals surface area contributed by atoms with E-state index in [2.05, 4.69) is 24.3 Å². The van der Waals surface area contributed by atoms with Crippen LogP contribution in [0.2, 0.25) is 0 Å². The largest absolute Gasteiger partial charge is 0.409 e. The number of carbonyl (C=O) groups excluding carboxylic acids is 1. The standard InChI is InChI=1S/C12H17N3O2/c1-8(2)9-3-5-10(6-4-9)12(16)14-7-11(13)15-17/h3-6,8,17H,7H2,1-2H3,(H2,13,15)(H,14,16). The summed E-state index contributed by atoms with van der Waals surface area (Å²) in [4.78, 5) is 11.6. The van der Waals surface area contributed by atoms with E-state index < -0.39 is 0 Å². The number of benzene rings is 1. The molecule has 0 aliphatic heterocycles. The molecule has 92 valence electrons. The fourth-order valence-electron chi connectivity index (χ4n) is 1.33. The Morgan fingerprint density at radius 2 is 2.00 bits per heavy atom. The molecule has 1 aromatic rings. The third kappa shape index (κ3) is 3.79. The molecule has 5 nitrogen and oxygen atoms in total. The molecule has 0 unspecified atom stereocenters. The smallest absolute Gasteiger partial charge is 0.251 e. The van der Waals surface area contributed by atoms with E-state index in [-0.39, 0.29) is 18.3 Å². The van der Waals surface area contributed by atoms with Crippen LogP contribution >= 0.6 is 0 Å². The van der Waals surface area contributed by atoms with Crippen LogP contribution in [0.3, 0.4) is 0 Å². The lowest BCUT2D eigenvalue weighted by Gasteiger charge is -2.07. The summed E-state index contributed by atoms with van der Waals surface area (Å²) in [6.45, 7) is 4.21. The quantitative estimate of drug-likeness (QED) is 0.318. The summed E-state index contributed by atoms with van der Waals surface area (Å²) in [5, 5.41) is 13.6. The van der Waals surface area contributed by atoms with E-state index >= 15 is 0 Å². The first-order chi connectivity index (χ1) is 8.04. The van der Waals surface area contributed by atoms with E-state index in [1.54, 1.807) is 12.1 Å². The molecule has 0 saturated carbocycles. The van der Waals surface area contributed by atoms with Gasteiger partial charge in [0.15, 0.2) is 5.84 Å². The Morgan fingerprint density at radius 3 is 2.47 bits per heavy atom. The molecule has 0 aromatic heterocycles. The average molecular weight is 235 g/mol. The summed E-state index contributed by atoms with van der Waals surface area (Å²) in [7, 11) is 0. The van der Waals surface area contributed by atoms with E-state index in [1.807, 2.05) is 12.1 Å². The highest BCUT2D eigenvalue weighted by Gasteiger charge is 2.06. The fraction of sp³-hybridized carbons (Fsp3) is 0.333. The third-order valence-corrected chi connectivity index (χ3v) is 2.40. The maximum atomic E-state index is 11.6. The van der Waals surface area contributed by atoms with Gasteiger partial charge in [-0.3, -0.25) is 4.79 Å². The second kappa shape index (κ2) is 5.89. The Balaban J connectivity index is 2.64. The molecular weight excluding hydrogens is 218 g/mol. The van der Waals surface area contributed by atoms with Gasteiger partial charge in [-0.15, -0.1) is 0 Å². The van der Waals surface area contributed by atoms with Crippen molar-refractivity contribution >= 4 is 11.7 Å². The summed E-state index contributed by atoms with van der Waals surface area (Å²) in [6, 6.07) is 7.36. The van der Waals surface area contributed by atoms with E-state index in [4.69, 9.17) is 10.9 Å². The van der Waals surface area contributed by atoms with Crippen LogP contribution < -0.4 is 11.1 Å². The molecule has 0 atom stereocenters. The van der Waals surface area contributed by atoms with Crippen LogP contribution in [0.1, 0.15) is 35.7 Å². The minimum Gasteiger partial charge on any atom is -0.409 e. The first-order valence-electron chi connectivity index (χ1n) is 5.39. The molecule has 0 saturated heterocycles. The van der Waals surface area contributed by atoms with Crippen molar-refractivity contribution in [1.29, 1.82) is 0 Å². The topological polar surface area (TPSA) is 87.7 Å². The fourth-order valence-corrected chi connectivity index (χ4v) is 1.33. The third-order valence-electron chi connectivity index (χ3n) is 2.40. The molecule has 0 bridgehead atoms. The number of amides is 1. The van der Waals surface area contributed by atoms with Crippen molar-refractivity contribution in [3.63, 3.8) is 0 Å². The molecule has 5 heteroatoms. The number of rotatable bonds is 4. The van der Waals surface area contributed by atoms with Crippen molar-refractivity contribution in [2.45, 2.75) is 19.8 Å². The molecule has 17 heavy (non-hydrogen) atoms. The van der Waals surface area contributed by atoms with E-state index in [0.717, 1.165) is 0 Å². The molecule has 1 amide bonds. The number of nitrogens with one attached hydrogen (secondary N) is 1. The number of carbonyl (C=O) groups is 1. The van der Waals surface area contributed by atoms with Gasteiger partial charge in [0, 0.05) is 5.56 Å². The second-order valence-corrected chi connectivity index (χ2v) is 4.05. The molecule has 1 aromatic carbocycles. The molecule has 4 N–H and O–H groups in total. The van der Waals surface area contributed by atoms with Gasteiger partial charge in [0.25, 0.3) is 5.91 Å². The molecule has 0 fully saturated rings. The normalized spacial score (nSPS) is 11.6. The number of nitrogens with zero attached hydrogens (tertiary/aromatic N) is 1. The zero-order valence-corrected chi connectivity index (χ0v) is 9.97. The van der Waals surface area contributed by atoms with Crippen LogP contribution in [0.15, 0.2) is 29.4 Å². The maximum absolute atomic E-state index is 11.6. The molecule has 0 aliphatic carbocycles. The molecule has 0 aliphatic rings. The first kappa shape index (κ1) is 13.0. The number of nitrogens with two attached hydrogens (primary N) is 1. The molecule has 0 heterocycles. The van der Waals surface area contributed by atoms with Crippen LogP contribution in [-0.2, 0) is 0 Å². The Bertz CT molecular complexity index is 410. The lowest BCUT2D eigenvalue weighted by molar-refractivity contribution is 0.0959. The highest BCUT2D eigenvalue weighted by Crippen LogP contribution is 2.14. The van der Waals surface area contributed by atoms with Gasteiger partial charge < -0.3 is 16.3 Å². The average Bonchev–Trinajstić information content (AvgIpc) is 2.35. The SMILES string of the molecule is CC(C)c1ccc(C(=O)NC/C(N)=N/O)cc1. The van der Waals surface area contributed by atoms with Crippen LogP contribution in [-0.4, -0.2) is 23.5 Å². The van der Waals surface area contributed by atoms with Gasteiger partial charge in [-0.1, -0.05) is 31.1 Å².